The Hall–Kier alpha value is -0.660. The molecule has 1 N–H and O–H groups in total. The van der Waals surface area contributed by atoms with Crippen molar-refractivity contribution < 1.29 is 18.1 Å². The molecule has 1 atom stereocenters. The zero-order valence-electron chi connectivity index (χ0n) is 13.2. The fourth-order valence-corrected chi connectivity index (χ4v) is 5.06. The van der Waals surface area contributed by atoms with Crippen LogP contribution in [-0.4, -0.2) is 58.2 Å². The zero-order valence-corrected chi connectivity index (χ0v) is 14.8. The Balaban J connectivity index is 1.57. The van der Waals surface area contributed by atoms with Gasteiger partial charge in [0.25, 0.3) is 0 Å². The summed E-state index contributed by atoms with van der Waals surface area (Å²) in [5.41, 5.74) is 0. The topological polar surface area (TPSA) is 51.0 Å². The van der Waals surface area contributed by atoms with E-state index in [-0.39, 0.29) is 4.90 Å². The molecule has 0 aromatic heterocycles. The third kappa shape index (κ3) is 4.25. The molecule has 0 aliphatic carbocycles. The van der Waals surface area contributed by atoms with E-state index in [1.165, 1.54) is 17.4 Å². The lowest BCUT2D eigenvalue weighted by atomic mass is 10.1. The number of quaternary nitrogens is 1. The predicted molar refractivity (Wildman–Crippen MR) is 89.4 cm³/mol. The van der Waals surface area contributed by atoms with Gasteiger partial charge in [0.2, 0.25) is 10.0 Å². The maximum absolute atomic E-state index is 12.7. The van der Waals surface area contributed by atoms with E-state index in [1.807, 2.05) is 0 Å². The number of sulfonamides is 1. The van der Waals surface area contributed by atoms with Gasteiger partial charge in [0.05, 0.1) is 31.1 Å². The van der Waals surface area contributed by atoms with Crippen molar-refractivity contribution in [1.82, 2.24) is 4.31 Å². The SMILES string of the molecule is O=S(=O)(c1cccc(Cl)c1)N1CC[NH+](C[C@H]2CCCCO2)CC1. The number of nitrogens with zero attached hydrogens (tertiary/aromatic N) is 1. The first-order chi connectivity index (χ1) is 11.1. The lowest BCUT2D eigenvalue weighted by molar-refractivity contribution is -0.907. The second-order valence-electron chi connectivity index (χ2n) is 6.30. The third-order valence-corrected chi connectivity index (χ3v) is 6.78. The van der Waals surface area contributed by atoms with Gasteiger partial charge in [0, 0.05) is 11.6 Å². The summed E-state index contributed by atoms with van der Waals surface area (Å²) in [7, 11) is -3.44. The number of hydrogen-bond donors (Lipinski definition) is 1. The van der Waals surface area contributed by atoms with Gasteiger partial charge in [-0.05, 0) is 37.5 Å². The maximum atomic E-state index is 12.7. The summed E-state index contributed by atoms with van der Waals surface area (Å²) in [5, 5.41) is 0.449. The number of piperazine rings is 1. The fourth-order valence-electron chi connectivity index (χ4n) is 3.31. The standard InChI is InChI=1S/C16H23ClN2O3S/c17-14-4-3-6-16(12-14)23(20,21)19-9-7-18(8-10-19)13-15-5-1-2-11-22-15/h3-4,6,12,15H,1-2,5,7-11,13H2/p+1/t15-/m1/s1. The highest BCUT2D eigenvalue weighted by Crippen LogP contribution is 2.19. The molecule has 0 saturated carbocycles. The summed E-state index contributed by atoms with van der Waals surface area (Å²) in [6.07, 6.45) is 3.88. The van der Waals surface area contributed by atoms with Gasteiger partial charge in [-0.1, -0.05) is 17.7 Å². The molecular formula is C16H24ClN2O3S+. The van der Waals surface area contributed by atoms with Crippen LogP contribution in [-0.2, 0) is 14.8 Å². The van der Waals surface area contributed by atoms with Gasteiger partial charge in [-0.25, -0.2) is 8.42 Å². The first kappa shape index (κ1) is 17.2. The van der Waals surface area contributed by atoms with Crippen molar-refractivity contribution in [2.24, 2.45) is 0 Å². The Kier molecular flexibility index (Phi) is 5.59. The number of benzene rings is 1. The van der Waals surface area contributed by atoms with Crippen LogP contribution in [0, 0.1) is 0 Å². The zero-order chi connectivity index (χ0) is 16.3. The Morgan fingerprint density at radius 3 is 2.70 bits per heavy atom. The Morgan fingerprint density at radius 2 is 2.04 bits per heavy atom. The predicted octanol–water partition coefficient (Wildman–Crippen LogP) is 0.798. The normalized spacial score (nSPS) is 24.7. The molecule has 2 heterocycles. The molecule has 128 valence electrons. The summed E-state index contributed by atoms with van der Waals surface area (Å²) in [5.74, 6) is 0. The molecule has 23 heavy (non-hydrogen) atoms. The molecule has 0 bridgehead atoms. The molecule has 0 amide bonds. The van der Waals surface area contributed by atoms with E-state index in [9.17, 15) is 8.42 Å². The number of halogens is 1. The van der Waals surface area contributed by atoms with Crippen LogP contribution in [0.25, 0.3) is 0 Å². The molecule has 2 aliphatic heterocycles. The van der Waals surface area contributed by atoms with E-state index in [0.29, 0.717) is 24.2 Å². The number of nitrogens with one attached hydrogen (secondary N) is 1. The van der Waals surface area contributed by atoms with E-state index in [2.05, 4.69) is 0 Å². The Labute approximate surface area is 143 Å². The van der Waals surface area contributed by atoms with Gasteiger partial charge in [-0.15, -0.1) is 0 Å². The molecule has 3 rings (SSSR count). The van der Waals surface area contributed by atoms with Gasteiger partial charge in [-0.2, -0.15) is 4.31 Å². The van der Waals surface area contributed by atoms with Crippen molar-refractivity contribution in [3.05, 3.63) is 29.3 Å². The first-order valence-corrected chi connectivity index (χ1v) is 10.1. The van der Waals surface area contributed by atoms with Crippen molar-refractivity contribution in [2.75, 3.05) is 39.3 Å². The van der Waals surface area contributed by atoms with Crippen LogP contribution in [0.5, 0.6) is 0 Å². The second-order valence-corrected chi connectivity index (χ2v) is 8.68. The van der Waals surface area contributed by atoms with Crippen molar-refractivity contribution >= 4 is 21.6 Å². The summed E-state index contributed by atoms with van der Waals surface area (Å²) in [6, 6.07) is 6.49. The number of rotatable bonds is 4. The van der Waals surface area contributed by atoms with Gasteiger partial charge in [0.1, 0.15) is 12.6 Å². The Morgan fingerprint density at radius 1 is 1.26 bits per heavy atom. The van der Waals surface area contributed by atoms with Crippen LogP contribution in [0.3, 0.4) is 0 Å². The summed E-state index contributed by atoms with van der Waals surface area (Å²) in [4.78, 5) is 1.72. The van der Waals surface area contributed by atoms with Crippen LogP contribution in [0.15, 0.2) is 29.2 Å². The minimum atomic E-state index is -3.44. The van der Waals surface area contributed by atoms with Crippen LogP contribution >= 0.6 is 11.6 Å². The highest BCUT2D eigenvalue weighted by molar-refractivity contribution is 7.89. The van der Waals surface area contributed by atoms with Gasteiger partial charge in [-0.3, -0.25) is 0 Å². The summed E-state index contributed by atoms with van der Waals surface area (Å²) in [6.45, 7) is 4.63. The van der Waals surface area contributed by atoms with Crippen molar-refractivity contribution in [2.45, 2.75) is 30.3 Å². The largest absolute Gasteiger partial charge is 0.372 e. The van der Waals surface area contributed by atoms with Crippen molar-refractivity contribution in [3.8, 4) is 0 Å². The van der Waals surface area contributed by atoms with Gasteiger partial charge >= 0.3 is 0 Å². The van der Waals surface area contributed by atoms with Crippen LogP contribution < -0.4 is 4.90 Å². The fraction of sp³-hybridized carbons (Fsp3) is 0.625. The van der Waals surface area contributed by atoms with E-state index in [4.69, 9.17) is 16.3 Å². The Bertz CT molecular complexity index is 624. The minimum Gasteiger partial charge on any atom is -0.372 e. The molecule has 0 unspecified atom stereocenters. The highest BCUT2D eigenvalue weighted by atomic mass is 35.5. The van der Waals surface area contributed by atoms with E-state index in [1.54, 1.807) is 22.5 Å². The van der Waals surface area contributed by atoms with Crippen molar-refractivity contribution in [1.29, 1.82) is 0 Å². The molecule has 2 saturated heterocycles. The monoisotopic (exact) mass is 359 g/mol. The van der Waals surface area contributed by atoms with E-state index < -0.39 is 10.0 Å². The number of hydrogen-bond acceptors (Lipinski definition) is 3. The van der Waals surface area contributed by atoms with E-state index in [0.717, 1.165) is 39.1 Å². The van der Waals surface area contributed by atoms with Crippen molar-refractivity contribution in [3.63, 3.8) is 0 Å². The van der Waals surface area contributed by atoms with Gasteiger partial charge < -0.3 is 9.64 Å². The first-order valence-electron chi connectivity index (χ1n) is 8.26. The average molecular weight is 360 g/mol. The molecule has 2 aliphatic rings. The second kappa shape index (κ2) is 7.49. The lowest BCUT2D eigenvalue weighted by Gasteiger charge is -2.34. The highest BCUT2D eigenvalue weighted by Gasteiger charge is 2.31. The molecule has 1 aromatic carbocycles. The molecule has 7 heteroatoms. The molecule has 5 nitrogen and oxygen atoms in total. The molecule has 0 spiro atoms. The smallest absolute Gasteiger partial charge is 0.243 e. The number of ether oxygens (including phenoxy) is 1. The van der Waals surface area contributed by atoms with E-state index >= 15 is 0 Å². The molecule has 1 aromatic rings. The molecular weight excluding hydrogens is 336 g/mol. The van der Waals surface area contributed by atoms with Crippen LogP contribution in [0.1, 0.15) is 19.3 Å². The van der Waals surface area contributed by atoms with Crippen LogP contribution in [0.2, 0.25) is 5.02 Å². The third-order valence-electron chi connectivity index (χ3n) is 4.65. The van der Waals surface area contributed by atoms with Crippen LogP contribution in [0.4, 0.5) is 0 Å². The summed E-state index contributed by atoms with van der Waals surface area (Å²) >= 11 is 5.92. The van der Waals surface area contributed by atoms with Gasteiger partial charge in [0.15, 0.2) is 0 Å². The maximum Gasteiger partial charge on any atom is 0.243 e. The minimum absolute atomic E-state index is 0.282. The summed E-state index contributed by atoms with van der Waals surface area (Å²) < 4.78 is 32.7. The quantitative estimate of drug-likeness (QED) is 0.865. The molecule has 0 radical (unpaired) electrons. The lowest BCUT2D eigenvalue weighted by Crippen LogP contribution is -3.15. The molecule has 2 fully saturated rings. The average Bonchev–Trinajstić information content (AvgIpc) is 2.56.